The highest BCUT2D eigenvalue weighted by Gasteiger charge is 2.26. The molecule has 1 N–H and O–H groups in total. The average Bonchev–Trinajstić information content (AvgIpc) is 2.52. The molecule has 2 rings (SSSR count). The standard InChI is InChI=1S/C16H26FN3O2S/c1-3-20(4-2)23(21,22)18-16-9-11-19(12-10-16)13-14-5-7-15(17)8-6-14/h5-8,16,18H,3-4,9-13H2,1-2H3. The first-order chi connectivity index (χ1) is 10.9. The van der Waals surface area contributed by atoms with Crippen LogP contribution in [0.4, 0.5) is 4.39 Å². The second-order valence-corrected chi connectivity index (χ2v) is 7.59. The van der Waals surface area contributed by atoms with Crippen LogP contribution in [-0.2, 0) is 16.8 Å². The lowest BCUT2D eigenvalue weighted by Crippen LogP contribution is -2.49. The van der Waals surface area contributed by atoms with Crippen LogP contribution in [-0.4, -0.2) is 49.8 Å². The highest BCUT2D eigenvalue weighted by Crippen LogP contribution is 2.15. The van der Waals surface area contributed by atoms with Gasteiger partial charge in [-0.15, -0.1) is 0 Å². The van der Waals surface area contributed by atoms with Gasteiger partial charge in [-0.25, -0.2) is 4.39 Å². The summed E-state index contributed by atoms with van der Waals surface area (Å²) in [7, 11) is -3.38. The smallest absolute Gasteiger partial charge is 0.279 e. The molecule has 0 aromatic heterocycles. The van der Waals surface area contributed by atoms with Gasteiger partial charge in [0, 0.05) is 38.8 Å². The Morgan fingerprint density at radius 1 is 1.17 bits per heavy atom. The van der Waals surface area contributed by atoms with Crippen LogP contribution in [0, 0.1) is 5.82 Å². The second-order valence-electron chi connectivity index (χ2n) is 5.88. The number of hydrogen-bond acceptors (Lipinski definition) is 3. The molecule has 0 atom stereocenters. The lowest BCUT2D eigenvalue weighted by atomic mass is 10.1. The Balaban J connectivity index is 1.83. The number of nitrogens with one attached hydrogen (secondary N) is 1. The third-order valence-electron chi connectivity index (χ3n) is 4.27. The van der Waals surface area contributed by atoms with Crippen molar-refractivity contribution in [3.8, 4) is 0 Å². The molecule has 7 heteroatoms. The lowest BCUT2D eigenvalue weighted by Gasteiger charge is -2.33. The van der Waals surface area contributed by atoms with E-state index in [1.54, 1.807) is 12.1 Å². The van der Waals surface area contributed by atoms with Crippen molar-refractivity contribution in [2.24, 2.45) is 0 Å². The topological polar surface area (TPSA) is 52.7 Å². The Labute approximate surface area is 138 Å². The van der Waals surface area contributed by atoms with Crippen molar-refractivity contribution in [2.45, 2.75) is 39.3 Å². The minimum atomic E-state index is -3.38. The van der Waals surface area contributed by atoms with Crippen molar-refractivity contribution in [2.75, 3.05) is 26.2 Å². The molecular weight excluding hydrogens is 317 g/mol. The number of halogens is 1. The van der Waals surface area contributed by atoms with Crippen molar-refractivity contribution in [1.82, 2.24) is 13.9 Å². The van der Waals surface area contributed by atoms with Crippen molar-refractivity contribution < 1.29 is 12.8 Å². The number of hydrogen-bond donors (Lipinski definition) is 1. The summed E-state index contributed by atoms with van der Waals surface area (Å²) in [5.74, 6) is -0.224. The summed E-state index contributed by atoms with van der Waals surface area (Å²) in [5.41, 5.74) is 1.08. The number of likely N-dealkylation sites (tertiary alicyclic amines) is 1. The predicted molar refractivity (Wildman–Crippen MR) is 89.7 cm³/mol. The molecule has 0 aliphatic carbocycles. The van der Waals surface area contributed by atoms with E-state index in [0.29, 0.717) is 13.1 Å². The number of benzene rings is 1. The van der Waals surface area contributed by atoms with E-state index in [4.69, 9.17) is 0 Å². The first-order valence-corrected chi connectivity index (χ1v) is 9.62. The van der Waals surface area contributed by atoms with E-state index in [2.05, 4.69) is 9.62 Å². The molecule has 1 aromatic carbocycles. The van der Waals surface area contributed by atoms with Gasteiger partial charge in [-0.05, 0) is 30.5 Å². The summed E-state index contributed by atoms with van der Waals surface area (Å²) in [6.07, 6.45) is 1.59. The van der Waals surface area contributed by atoms with Crippen LogP contribution in [0.1, 0.15) is 32.3 Å². The molecule has 1 aromatic rings. The third kappa shape index (κ3) is 5.24. The minimum Gasteiger partial charge on any atom is -0.299 e. The van der Waals surface area contributed by atoms with Crippen LogP contribution in [0.5, 0.6) is 0 Å². The molecule has 0 unspecified atom stereocenters. The summed E-state index contributed by atoms with van der Waals surface area (Å²) >= 11 is 0. The van der Waals surface area contributed by atoms with Crippen molar-refractivity contribution in [3.05, 3.63) is 35.6 Å². The zero-order chi connectivity index (χ0) is 16.9. The second kappa shape index (κ2) is 8.19. The van der Waals surface area contributed by atoms with Gasteiger partial charge in [0.15, 0.2) is 0 Å². The molecule has 1 heterocycles. The Morgan fingerprint density at radius 2 is 1.74 bits per heavy atom. The average molecular weight is 343 g/mol. The zero-order valence-electron chi connectivity index (χ0n) is 13.8. The summed E-state index contributed by atoms with van der Waals surface area (Å²) in [4.78, 5) is 2.27. The normalized spacial score (nSPS) is 17.7. The lowest BCUT2D eigenvalue weighted by molar-refractivity contribution is 0.198. The molecule has 1 saturated heterocycles. The highest BCUT2D eigenvalue weighted by atomic mass is 32.2. The van der Waals surface area contributed by atoms with Gasteiger partial charge in [-0.2, -0.15) is 17.4 Å². The van der Waals surface area contributed by atoms with E-state index in [1.807, 2.05) is 13.8 Å². The summed E-state index contributed by atoms with van der Waals surface area (Å²) in [6, 6.07) is 6.53. The fourth-order valence-corrected chi connectivity index (χ4v) is 4.39. The molecule has 1 fully saturated rings. The highest BCUT2D eigenvalue weighted by molar-refractivity contribution is 7.87. The van der Waals surface area contributed by atoms with E-state index in [1.165, 1.54) is 16.4 Å². The first-order valence-electron chi connectivity index (χ1n) is 8.18. The Hall–Kier alpha value is -1.02. The van der Waals surface area contributed by atoms with Crippen molar-refractivity contribution >= 4 is 10.2 Å². The maximum atomic E-state index is 12.9. The third-order valence-corrected chi connectivity index (χ3v) is 6.10. The molecule has 130 valence electrons. The molecule has 1 aliphatic rings. The van der Waals surface area contributed by atoms with Gasteiger partial charge >= 0.3 is 0 Å². The Morgan fingerprint density at radius 3 is 2.26 bits per heavy atom. The van der Waals surface area contributed by atoms with Gasteiger partial charge in [0.05, 0.1) is 0 Å². The molecular formula is C16H26FN3O2S. The monoisotopic (exact) mass is 343 g/mol. The van der Waals surface area contributed by atoms with Crippen LogP contribution in [0.15, 0.2) is 24.3 Å². The zero-order valence-corrected chi connectivity index (χ0v) is 14.7. The SMILES string of the molecule is CCN(CC)S(=O)(=O)NC1CCN(Cc2ccc(F)cc2)CC1. The largest absolute Gasteiger partial charge is 0.299 e. The van der Waals surface area contributed by atoms with Crippen LogP contribution in [0.3, 0.4) is 0 Å². The molecule has 23 heavy (non-hydrogen) atoms. The van der Waals surface area contributed by atoms with Crippen LogP contribution < -0.4 is 4.72 Å². The van der Waals surface area contributed by atoms with E-state index < -0.39 is 10.2 Å². The Kier molecular flexibility index (Phi) is 6.52. The van der Waals surface area contributed by atoms with E-state index in [-0.39, 0.29) is 11.9 Å². The van der Waals surface area contributed by atoms with Gasteiger partial charge in [-0.1, -0.05) is 26.0 Å². The van der Waals surface area contributed by atoms with Gasteiger partial charge in [0.1, 0.15) is 5.82 Å². The van der Waals surface area contributed by atoms with Crippen LogP contribution >= 0.6 is 0 Å². The van der Waals surface area contributed by atoms with Crippen molar-refractivity contribution in [3.63, 3.8) is 0 Å². The molecule has 0 radical (unpaired) electrons. The number of rotatable bonds is 7. The molecule has 5 nitrogen and oxygen atoms in total. The van der Waals surface area contributed by atoms with E-state index >= 15 is 0 Å². The van der Waals surface area contributed by atoms with Gasteiger partial charge in [-0.3, -0.25) is 4.90 Å². The fourth-order valence-electron chi connectivity index (χ4n) is 2.91. The summed E-state index contributed by atoms with van der Waals surface area (Å²) < 4.78 is 41.6. The van der Waals surface area contributed by atoms with Gasteiger partial charge < -0.3 is 0 Å². The van der Waals surface area contributed by atoms with Crippen molar-refractivity contribution in [1.29, 1.82) is 0 Å². The summed E-state index contributed by atoms with van der Waals surface area (Å²) in [5, 5.41) is 0. The minimum absolute atomic E-state index is 0.00920. The summed E-state index contributed by atoms with van der Waals surface area (Å²) in [6.45, 7) is 7.09. The Bertz CT molecular complexity index is 580. The predicted octanol–water partition coefficient (Wildman–Crippen LogP) is 1.97. The maximum absolute atomic E-state index is 12.9. The molecule has 0 spiro atoms. The van der Waals surface area contributed by atoms with E-state index in [9.17, 15) is 12.8 Å². The van der Waals surface area contributed by atoms with Crippen LogP contribution in [0.2, 0.25) is 0 Å². The van der Waals surface area contributed by atoms with Crippen LogP contribution in [0.25, 0.3) is 0 Å². The molecule has 0 amide bonds. The molecule has 0 bridgehead atoms. The number of piperidine rings is 1. The van der Waals surface area contributed by atoms with Gasteiger partial charge in [0.2, 0.25) is 0 Å². The first kappa shape index (κ1) is 18.3. The maximum Gasteiger partial charge on any atom is 0.279 e. The molecule has 1 aliphatic heterocycles. The quantitative estimate of drug-likeness (QED) is 0.823. The molecule has 0 saturated carbocycles. The number of nitrogens with zero attached hydrogens (tertiary/aromatic N) is 2. The van der Waals surface area contributed by atoms with Gasteiger partial charge in [0.25, 0.3) is 10.2 Å². The van der Waals surface area contributed by atoms with E-state index in [0.717, 1.165) is 38.0 Å². The fraction of sp³-hybridized carbons (Fsp3) is 0.625.